The van der Waals surface area contributed by atoms with Crippen LogP contribution in [0.1, 0.15) is 16.8 Å². The lowest BCUT2D eigenvalue weighted by Crippen LogP contribution is -2.33. The van der Waals surface area contributed by atoms with Crippen LogP contribution in [0.3, 0.4) is 0 Å². The molecule has 2 aromatic rings. The first kappa shape index (κ1) is 16.8. The molecule has 0 saturated heterocycles. The second kappa shape index (κ2) is 5.90. The van der Waals surface area contributed by atoms with E-state index in [-0.39, 0.29) is 11.4 Å². The van der Waals surface area contributed by atoms with E-state index in [4.69, 9.17) is 4.74 Å². The summed E-state index contributed by atoms with van der Waals surface area (Å²) in [7, 11) is 1.18. The van der Waals surface area contributed by atoms with Crippen molar-refractivity contribution < 1.29 is 22.3 Å². The van der Waals surface area contributed by atoms with E-state index in [0.717, 1.165) is 22.8 Å². The van der Waals surface area contributed by atoms with Crippen molar-refractivity contribution in [3.63, 3.8) is 0 Å². The monoisotopic (exact) mass is 332 g/mol. The Morgan fingerprint density at radius 2 is 1.91 bits per heavy atom. The molecule has 0 unspecified atom stereocenters. The number of ether oxygens (including phenoxy) is 1. The van der Waals surface area contributed by atoms with Gasteiger partial charge in [0.25, 0.3) is 5.56 Å². The molecule has 0 fully saturated rings. The number of halogens is 4. The molecule has 1 aromatic carbocycles. The standard InChI is InChI=1S/C14H12F4N2O3/c1-7-11(23-2)12(21)19-13(22)20(7)6-8-9(14(16,17)18)4-3-5-10(8)15/h3-5H,6H2,1-2H3,(H,19,21,22). The third-order valence-electron chi connectivity index (χ3n) is 3.35. The highest BCUT2D eigenvalue weighted by Crippen LogP contribution is 2.33. The fraction of sp³-hybridized carbons (Fsp3) is 0.286. The molecule has 1 N–H and O–H groups in total. The summed E-state index contributed by atoms with van der Waals surface area (Å²) < 4.78 is 58.5. The number of aromatic nitrogens is 2. The molecule has 23 heavy (non-hydrogen) atoms. The van der Waals surface area contributed by atoms with Crippen LogP contribution in [0.4, 0.5) is 17.6 Å². The highest BCUT2D eigenvalue weighted by atomic mass is 19.4. The Balaban J connectivity index is 2.66. The number of alkyl halides is 3. The number of methoxy groups -OCH3 is 1. The van der Waals surface area contributed by atoms with Crippen molar-refractivity contribution in [1.29, 1.82) is 0 Å². The van der Waals surface area contributed by atoms with Crippen LogP contribution in [-0.2, 0) is 12.7 Å². The molecule has 0 spiro atoms. The Kier molecular flexibility index (Phi) is 4.31. The summed E-state index contributed by atoms with van der Waals surface area (Å²) in [6.45, 7) is 0.628. The molecule has 2 rings (SSSR count). The minimum Gasteiger partial charge on any atom is -0.490 e. The molecule has 0 saturated carbocycles. The molecule has 124 valence electrons. The van der Waals surface area contributed by atoms with Crippen LogP contribution >= 0.6 is 0 Å². The summed E-state index contributed by atoms with van der Waals surface area (Å²) in [6.07, 6.45) is -4.78. The first-order valence-corrected chi connectivity index (χ1v) is 6.39. The van der Waals surface area contributed by atoms with Gasteiger partial charge in [0.15, 0.2) is 0 Å². The zero-order chi connectivity index (χ0) is 17.4. The van der Waals surface area contributed by atoms with Crippen molar-refractivity contribution in [1.82, 2.24) is 9.55 Å². The van der Waals surface area contributed by atoms with Crippen molar-refractivity contribution >= 4 is 0 Å². The predicted octanol–water partition coefficient (Wildman–Crippen LogP) is 2.06. The smallest absolute Gasteiger partial charge is 0.416 e. The van der Waals surface area contributed by atoms with Gasteiger partial charge in [-0.2, -0.15) is 13.2 Å². The van der Waals surface area contributed by atoms with E-state index in [9.17, 15) is 27.2 Å². The van der Waals surface area contributed by atoms with Gasteiger partial charge in [0.05, 0.1) is 24.9 Å². The van der Waals surface area contributed by atoms with Gasteiger partial charge in [0.2, 0.25) is 5.75 Å². The Labute approximate surface area is 127 Å². The number of benzene rings is 1. The number of rotatable bonds is 3. The van der Waals surface area contributed by atoms with Crippen molar-refractivity contribution in [3.05, 3.63) is 61.7 Å². The van der Waals surface area contributed by atoms with Crippen molar-refractivity contribution in [2.75, 3.05) is 7.11 Å². The predicted molar refractivity (Wildman–Crippen MR) is 73.1 cm³/mol. The lowest BCUT2D eigenvalue weighted by molar-refractivity contribution is -0.138. The Morgan fingerprint density at radius 1 is 1.26 bits per heavy atom. The Bertz CT molecular complexity index is 853. The van der Waals surface area contributed by atoms with Gasteiger partial charge >= 0.3 is 11.9 Å². The molecule has 0 aliphatic rings. The van der Waals surface area contributed by atoms with Gasteiger partial charge in [-0.15, -0.1) is 0 Å². The zero-order valence-electron chi connectivity index (χ0n) is 12.1. The van der Waals surface area contributed by atoms with Crippen LogP contribution in [0.2, 0.25) is 0 Å². The fourth-order valence-corrected chi connectivity index (χ4v) is 2.23. The number of nitrogens with zero attached hydrogens (tertiary/aromatic N) is 1. The summed E-state index contributed by atoms with van der Waals surface area (Å²) in [5, 5.41) is 0. The molecule has 0 atom stereocenters. The summed E-state index contributed by atoms with van der Waals surface area (Å²) in [5.41, 5.74) is -3.65. The second-order valence-corrected chi connectivity index (χ2v) is 4.73. The minimum atomic E-state index is -4.78. The number of hydrogen-bond acceptors (Lipinski definition) is 3. The molecule has 0 radical (unpaired) electrons. The van der Waals surface area contributed by atoms with Gasteiger partial charge < -0.3 is 4.74 Å². The third-order valence-corrected chi connectivity index (χ3v) is 3.35. The van der Waals surface area contributed by atoms with Gasteiger partial charge in [-0.1, -0.05) is 6.07 Å². The molecule has 9 heteroatoms. The van der Waals surface area contributed by atoms with Gasteiger partial charge in [-0.3, -0.25) is 14.3 Å². The van der Waals surface area contributed by atoms with Crippen molar-refractivity contribution in [2.45, 2.75) is 19.6 Å². The minimum absolute atomic E-state index is 0.00220. The van der Waals surface area contributed by atoms with Crippen molar-refractivity contribution in [3.8, 4) is 5.75 Å². The molecule has 0 aliphatic carbocycles. The maximum absolute atomic E-state index is 13.9. The normalized spacial score (nSPS) is 11.6. The van der Waals surface area contributed by atoms with E-state index in [2.05, 4.69) is 0 Å². The molecular weight excluding hydrogens is 320 g/mol. The number of H-pyrrole nitrogens is 1. The fourth-order valence-electron chi connectivity index (χ4n) is 2.23. The van der Waals surface area contributed by atoms with Gasteiger partial charge in [0.1, 0.15) is 5.82 Å². The highest BCUT2D eigenvalue weighted by Gasteiger charge is 2.34. The van der Waals surface area contributed by atoms with Crippen LogP contribution in [0.25, 0.3) is 0 Å². The van der Waals surface area contributed by atoms with Gasteiger partial charge in [0, 0.05) is 5.56 Å². The molecule has 0 amide bonds. The first-order valence-electron chi connectivity index (χ1n) is 6.39. The zero-order valence-corrected chi connectivity index (χ0v) is 12.1. The largest absolute Gasteiger partial charge is 0.490 e. The van der Waals surface area contributed by atoms with Gasteiger partial charge in [-0.25, -0.2) is 9.18 Å². The summed E-state index contributed by atoms with van der Waals surface area (Å²) in [4.78, 5) is 25.3. The van der Waals surface area contributed by atoms with E-state index < -0.39 is 40.9 Å². The molecular formula is C14H12F4N2O3. The van der Waals surface area contributed by atoms with E-state index in [0.29, 0.717) is 0 Å². The third kappa shape index (κ3) is 3.13. The molecule has 1 aromatic heterocycles. The number of hydrogen-bond donors (Lipinski definition) is 1. The SMILES string of the molecule is COc1c(C)n(Cc2c(F)cccc2C(F)(F)F)c(=O)[nH]c1=O. The molecule has 0 aliphatic heterocycles. The Morgan fingerprint density at radius 3 is 2.48 bits per heavy atom. The Hall–Kier alpha value is -2.58. The second-order valence-electron chi connectivity index (χ2n) is 4.73. The average molecular weight is 332 g/mol. The van der Waals surface area contributed by atoms with Crippen molar-refractivity contribution in [2.24, 2.45) is 0 Å². The molecule has 1 heterocycles. The molecule has 5 nitrogen and oxygen atoms in total. The summed E-state index contributed by atoms with van der Waals surface area (Å²) in [5.74, 6) is -1.33. The van der Waals surface area contributed by atoms with E-state index in [1.807, 2.05) is 4.98 Å². The topological polar surface area (TPSA) is 64.1 Å². The lowest BCUT2D eigenvalue weighted by atomic mass is 10.1. The number of aromatic amines is 1. The maximum atomic E-state index is 13.9. The first-order chi connectivity index (χ1) is 10.7. The summed E-state index contributed by atoms with van der Waals surface area (Å²) in [6, 6.07) is 2.53. The van der Waals surface area contributed by atoms with Crippen LogP contribution in [-0.4, -0.2) is 16.7 Å². The number of nitrogens with one attached hydrogen (secondary N) is 1. The average Bonchev–Trinajstić information content (AvgIpc) is 2.43. The van der Waals surface area contributed by atoms with Crippen LogP contribution in [0.5, 0.6) is 5.75 Å². The van der Waals surface area contributed by atoms with Gasteiger partial charge in [-0.05, 0) is 19.1 Å². The van der Waals surface area contributed by atoms with E-state index in [1.165, 1.54) is 14.0 Å². The maximum Gasteiger partial charge on any atom is 0.416 e. The van der Waals surface area contributed by atoms with E-state index >= 15 is 0 Å². The molecule has 0 bridgehead atoms. The highest BCUT2D eigenvalue weighted by molar-refractivity contribution is 5.32. The van der Waals surface area contributed by atoms with E-state index in [1.54, 1.807) is 0 Å². The van der Waals surface area contributed by atoms with Crippen LogP contribution < -0.4 is 16.0 Å². The summed E-state index contributed by atoms with van der Waals surface area (Å²) >= 11 is 0. The quantitative estimate of drug-likeness (QED) is 0.875. The lowest BCUT2D eigenvalue weighted by Gasteiger charge is -2.16. The van der Waals surface area contributed by atoms with Crippen LogP contribution in [0.15, 0.2) is 27.8 Å². The van der Waals surface area contributed by atoms with Crippen LogP contribution in [0, 0.1) is 12.7 Å².